The second kappa shape index (κ2) is 7.06. The molecule has 4 nitrogen and oxygen atoms in total. The molecule has 0 atom stereocenters. The minimum atomic E-state index is -0.316. The molecule has 2 rings (SSSR count). The van der Waals surface area contributed by atoms with E-state index in [-0.39, 0.29) is 24.2 Å². The Kier molecular flexibility index (Phi) is 5.53. The molecular formula is C18H28BNO3. The number of carbonyl (C=O) groups is 1. The number of hydrogen-bond donors (Lipinski definition) is 1. The van der Waals surface area contributed by atoms with E-state index >= 15 is 0 Å². The lowest BCUT2D eigenvalue weighted by molar-refractivity contribution is -0.121. The number of benzene rings is 1. The highest BCUT2D eigenvalue weighted by Gasteiger charge is 2.51. The van der Waals surface area contributed by atoms with Crippen LogP contribution < -0.4 is 10.8 Å². The van der Waals surface area contributed by atoms with Gasteiger partial charge in [0.15, 0.2) is 0 Å². The normalized spacial score (nSPS) is 18.9. The van der Waals surface area contributed by atoms with Crippen LogP contribution in [0.2, 0.25) is 0 Å². The molecule has 0 saturated carbocycles. The van der Waals surface area contributed by atoms with Crippen LogP contribution in [0.1, 0.15) is 53.0 Å². The maximum Gasteiger partial charge on any atom is 0.494 e. The lowest BCUT2D eigenvalue weighted by atomic mass is 9.78. The molecule has 1 amide bonds. The van der Waals surface area contributed by atoms with Crippen molar-refractivity contribution < 1.29 is 14.1 Å². The fraction of sp³-hybridized carbons (Fsp3) is 0.611. The first kappa shape index (κ1) is 18.0. The molecule has 0 spiro atoms. The molecule has 1 aromatic carbocycles. The fourth-order valence-electron chi connectivity index (χ4n) is 2.56. The van der Waals surface area contributed by atoms with Crippen LogP contribution in [0.4, 0.5) is 0 Å². The predicted molar refractivity (Wildman–Crippen MR) is 93.8 cm³/mol. The van der Waals surface area contributed by atoms with Crippen molar-refractivity contribution in [1.29, 1.82) is 0 Å². The van der Waals surface area contributed by atoms with Crippen molar-refractivity contribution in [3.63, 3.8) is 0 Å². The van der Waals surface area contributed by atoms with E-state index in [2.05, 4.69) is 57.3 Å². The first-order chi connectivity index (χ1) is 10.7. The average Bonchev–Trinajstić information content (AvgIpc) is 2.68. The summed E-state index contributed by atoms with van der Waals surface area (Å²) in [4.78, 5) is 11.4. The number of rotatable bonds is 6. The van der Waals surface area contributed by atoms with Gasteiger partial charge < -0.3 is 14.6 Å². The monoisotopic (exact) mass is 317 g/mol. The van der Waals surface area contributed by atoms with Crippen LogP contribution >= 0.6 is 0 Å². The Labute approximate surface area is 140 Å². The van der Waals surface area contributed by atoms with Crippen molar-refractivity contribution in [2.75, 3.05) is 6.54 Å². The van der Waals surface area contributed by atoms with E-state index in [0.29, 0.717) is 13.0 Å². The number of aryl methyl sites for hydroxylation is 1. The molecule has 0 unspecified atom stereocenters. The molecule has 0 bridgehead atoms. The van der Waals surface area contributed by atoms with E-state index in [4.69, 9.17) is 9.31 Å². The number of amides is 1. The van der Waals surface area contributed by atoms with Gasteiger partial charge in [0.25, 0.3) is 0 Å². The predicted octanol–water partition coefficient (Wildman–Crippen LogP) is 2.44. The van der Waals surface area contributed by atoms with Gasteiger partial charge >= 0.3 is 7.12 Å². The van der Waals surface area contributed by atoms with Gasteiger partial charge in [-0.25, -0.2) is 0 Å². The van der Waals surface area contributed by atoms with Crippen LogP contribution in [0.3, 0.4) is 0 Å². The van der Waals surface area contributed by atoms with E-state index in [0.717, 1.165) is 18.3 Å². The highest BCUT2D eigenvalue weighted by atomic mass is 16.7. The Morgan fingerprint density at radius 2 is 1.65 bits per heavy atom. The van der Waals surface area contributed by atoms with E-state index in [1.165, 1.54) is 5.56 Å². The summed E-state index contributed by atoms with van der Waals surface area (Å²) < 4.78 is 12.1. The van der Waals surface area contributed by atoms with Crippen LogP contribution in [0, 0.1) is 0 Å². The van der Waals surface area contributed by atoms with Gasteiger partial charge in [-0.15, -0.1) is 0 Å². The SMILES string of the molecule is CCNC(=O)CCCc1ccc(B2OC(C)(C)C(C)(C)O2)cc1. The topological polar surface area (TPSA) is 47.6 Å². The number of hydrogen-bond acceptors (Lipinski definition) is 3. The molecule has 1 heterocycles. The van der Waals surface area contributed by atoms with Crippen LogP contribution in [0.15, 0.2) is 24.3 Å². The molecule has 5 heteroatoms. The molecular weight excluding hydrogens is 289 g/mol. The number of carbonyl (C=O) groups excluding carboxylic acids is 1. The third-order valence-electron chi connectivity index (χ3n) is 4.75. The average molecular weight is 317 g/mol. The standard InChI is InChI=1S/C18H28BNO3/c1-6-20-16(21)9-7-8-14-10-12-15(13-11-14)19-22-17(2,3)18(4,5)23-19/h10-13H,6-9H2,1-5H3,(H,20,21). The van der Waals surface area contributed by atoms with E-state index < -0.39 is 0 Å². The molecule has 1 saturated heterocycles. The summed E-state index contributed by atoms with van der Waals surface area (Å²) in [6.07, 6.45) is 2.34. The zero-order chi connectivity index (χ0) is 17.1. The molecule has 23 heavy (non-hydrogen) atoms. The van der Waals surface area contributed by atoms with Gasteiger partial charge in [0, 0.05) is 13.0 Å². The van der Waals surface area contributed by atoms with Crippen LogP contribution in [0.5, 0.6) is 0 Å². The van der Waals surface area contributed by atoms with Crippen molar-refractivity contribution in [3.05, 3.63) is 29.8 Å². The molecule has 1 fully saturated rings. The Morgan fingerprint density at radius 3 is 2.17 bits per heavy atom. The lowest BCUT2D eigenvalue weighted by Gasteiger charge is -2.32. The van der Waals surface area contributed by atoms with E-state index in [9.17, 15) is 4.79 Å². The first-order valence-corrected chi connectivity index (χ1v) is 8.46. The van der Waals surface area contributed by atoms with Gasteiger partial charge in [-0.05, 0) is 58.5 Å². The summed E-state index contributed by atoms with van der Waals surface area (Å²) in [7, 11) is -0.315. The van der Waals surface area contributed by atoms with Crippen molar-refractivity contribution in [3.8, 4) is 0 Å². The van der Waals surface area contributed by atoms with E-state index in [1.807, 2.05) is 6.92 Å². The third kappa shape index (κ3) is 4.36. The second-order valence-corrected chi connectivity index (χ2v) is 7.14. The van der Waals surface area contributed by atoms with Gasteiger partial charge in [-0.3, -0.25) is 4.79 Å². The Hall–Kier alpha value is -1.33. The van der Waals surface area contributed by atoms with Gasteiger partial charge in [0.2, 0.25) is 5.91 Å². The summed E-state index contributed by atoms with van der Waals surface area (Å²) in [6.45, 7) is 10.9. The van der Waals surface area contributed by atoms with Crippen molar-refractivity contribution in [1.82, 2.24) is 5.32 Å². The number of nitrogens with one attached hydrogen (secondary N) is 1. The van der Waals surface area contributed by atoms with Crippen molar-refractivity contribution in [2.45, 2.75) is 65.1 Å². The minimum Gasteiger partial charge on any atom is -0.399 e. The molecule has 1 aliphatic heterocycles. The molecule has 0 aromatic heterocycles. The Morgan fingerprint density at radius 1 is 1.09 bits per heavy atom. The van der Waals surface area contributed by atoms with E-state index in [1.54, 1.807) is 0 Å². The highest BCUT2D eigenvalue weighted by Crippen LogP contribution is 2.36. The minimum absolute atomic E-state index is 0.126. The zero-order valence-electron chi connectivity index (χ0n) is 14.9. The molecule has 1 N–H and O–H groups in total. The van der Waals surface area contributed by atoms with Crippen LogP contribution in [0.25, 0.3) is 0 Å². The maximum atomic E-state index is 11.4. The summed E-state index contributed by atoms with van der Waals surface area (Å²) >= 11 is 0. The van der Waals surface area contributed by atoms with Crippen molar-refractivity contribution in [2.24, 2.45) is 0 Å². The largest absolute Gasteiger partial charge is 0.494 e. The van der Waals surface area contributed by atoms with Gasteiger partial charge in [0.05, 0.1) is 11.2 Å². The van der Waals surface area contributed by atoms with Crippen LogP contribution in [-0.4, -0.2) is 30.8 Å². The Bertz CT molecular complexity index is 524. The van der Waals surface area contributed by atoms with Crippen molar-refractivity contribution >= 4 is 18.5 Å². The van der Waals surface area contributed by atoms with Crippen LogP contribution in [-0.2, 0) is 20.5 Å². The molecule has 0 radical (unpaired) electrons. The smallest absolute Gasteiger partial charge is 0.399 e. The summed E-state index contributed by atoms with van der Waals surface area (Å²) in [6, 6.07) is 8.31. The summed E-state index contributed by atoms with van der Waals surface area (Å²) in [5.41, 5.74) is 1.64. The Balaban J connectivity index is 1.89. The lowest BCUT2D eigenvalue weighted by Crippen LogP contribution is -2.41. The van der Waals surface area contributed by atoms with Gasteiger partial charge in [-0.1, -0.05) is 24.3 Å². The van der Waals surface area contributed by atoms with Gasteiger partial charge in [-0.2, -0.15) is 0 Å². The summed E-state index contributed by atoms with van der Waals surface area (Å²) in [5, 5.41) is 2.82. The third-order valence-corrected chi connectivity index (χ3v) is 4.75. The molecule has 1 aromatic rings. The molecule has 0 aliphatic carbocycles. The first-order valence-electron chi connectivity index (χ1n) is 8.46. The maximum absolute atomic E-state index is 11.4. The highest BCUT2D eigenvalue weighted by molar-refractivity contribution is 6.62. The van der Waals surface area contributed by atoms with Gasteiger partial charge in [0.1, 0.15) is 0 Å². The zero-order valence-corrected chi connectivity index (χ0v) is 14.9. The molecule has 1 aliphatic rings. The fourth-order valence-corrected chi connectivity index (χ4v) is 2.56. The second-order valence-electron chi connectivity index (χ2n) is 7.14. The summed E-state index contributed by atoms with van der Waals surface area (Å²) in [5.74, 6) is 0.126. The molecule has 126 valence electrons. The quantitative estimate of drug-likeness (QED) is 0.820.